The molecule has 0 unspecified atom stereocenters. The fourth-order valence-corrected chi connectivity index (χ4v) is 7.21. The third-order valence-electron chi connectivity index (χ3n) is 5.96. The number of benzene rings is 2. The number of carbonyl (C=O) groups is 1. The van der Waals surface area contributed by atoms with Crippen molar-refractivity contribution in [3.8, 4) is 0 Å². The second kappa shape index (κ2) is 7.01. The molecule has 0 saturated carbocycles. The molecule has 2 aliphatic heterocycles. The van der Waals surface area contributed by atoms with Crippen molar-refractivity contribution in [1.82, 2.24) is 14.2 Å². The van der Waals surface area contributed by atoms with Gasteiger partial charge >= 0.3 is 0 Å². The zero-order valence-corrected chi connectivity index (χ0v) is 18.1. The van der Waals surface area contributed by atoms with Crippen molar-refractivity contribution in [3.63, 3.8) is 0 Å². The summed E-state index contributed by atoms with van der Waals surface area (Å²) < 4.78 is 28.6. The van der Waals surface area contributed by atoms with E-state index < -0.39 is 15.6 Å². The van der Waals surface area contributed by atoms with Crippen LogP contribution in [0.15, 0.2) is 64.9 Å². The average Bonchev–Trinajstić information content (AvgIpc) is 3.42. The molecule has 0 N–H and O–H groups in total. The van der Waals surface area contributed by atoms with E-state index in [1.807, 2.05) is 42.6 Å². The summed E-state index contributed by atoms with van der Waals surface area (Å²) in [5.74, 6) is -0.0706. The molecule has 3 heterocycles. The van der Waals surface area contributed by atoms with E-state index in [4.69, 9.17) is 0 Å². The Balaban J connectivity index is 1.56. The van der Waals surface area contributed by atoms with Crippen molar-refractivity contribution < 1.29 is 13.2 Å². The fourth-order valence-electron chi connectivity index (χ4n) is 4.58. The predicted molar refractivity (Wildman–Crippen MR) is 115 cm³/mol. The number of rotatable bonds is 3. The molecule has 154 valence electrons. The second-order valence-electron chi connectivity index (χ2n) is 7.74. The maximum Gasteiger partial charge on any atom is 0.253 e. The standard InChI is InChI=1S/C22H21N3O3S2/c1-16-23-18(14-29-16)13-25-22(19-9-5-6-10-20(19)30(25,27)28)11-12-24(15-22)21(26)17-7-3-2-4-8-17/h2-10,14H,11-13,15H2,1H3/t22-/m1/s1. The number of amides is 1. The summed E-state index contributed by atoms with van der Waals surface area (Å²) >= 11 is 1.51. The lowest BCUT2D eigenvalue weighted by atomic mass is 9.89. The Morgan fingerprint density at radius 1 is 1.13 bits per heavy atom. The van der Waals surface area contributed by atoms with Crippen LogP contribution in [0.25, 0.3) is 0 Å². The Bertz CT molecular complexity index is 1220. The highest BCUT2D eigenvalue weighted by Gasteiger charge is 2.57. The zero-order valence-electron chi connectivity index (χ0n) is 16.5. The van der Waals surface area contributed by atoms with Crippen LogP contribution in [0.5, 0.6) is 0 Å². The summed E-state index contributed by atoms with van der Waals surface area (Å²) in [6, 6.07) is 16.3. The Hall–Kier alpha value is -2.55. The maximum atomic E-state index is 13.5. The Labute approximate surface area is 179 Å². The van der Waals surface area contributed by atoms with Gasteiger partial charge < -0.3 is 4.90 Å². The van der Waals surface area contributed by atoms with Crippen LogP contribution in [0, 0.1) is 6.92 Å². The van der Waals surface area contributed by atoms with Gasteiger partial charge in [0.15, 0.2) is 0 Å². The molecule has 1 atom stereocenters. The maximum absolute atomic E-state index is 13.5. The van der Waals surface area contributed by atoms with Crippen molar-refractivity contribution in [3.05, 3.63) is 81.8 Å². The molecule has 0 aliphatic carbocycles. The minimum absolute atomic E-state index is 0.0706. The molecule has 0 bridgehead atoms. The number of thiazole rings is 1. The summed E-state index contributed by atoms with van der Waals surface area (Å²) in [5, 5.41) is 2.81. The summed E-state index contributed by atoms with van der Waals surface area (Å²) in [7, 11) is -3.68. The zero-order chi connectivity index (χ0) is 20.9. The quantitative estimate of drug-likeness (QED) is 0.627. The van der Waals surface area contributed by atoms with Crippen LogP contribution in [0.1, 0.15) is 33.0 Å². The van der Waals surface area contributed by atoms with Gasteiger partial charge in [-0.15, -0.1) is 11.3 Å². The van der Waals surface area contributed by atoms with Gasteiger partial charge in [-0.25, -0.2) is 13.4 Å². The van der Waals surface area contributed by atoms with Crippen LogP contribution in [-0.4, -0.2) is 41.6 Å². The number of fused-ring (bicyclic) bond motifs is 2. The van der Waals surface area contributed by atoms with Gasteiger partial charge in [0, 0.05) is 24.0 Å². The Kier molecular flexibility index (Phi) is 4.53. The van der Waals surface area contributed by atoms with Gasteiger partial charge in [0.25, 0.3) is 5.91 Å². The average molecular weight is 440 g/mol. The van der Waals surface area contributed by atoms with Gasteiger partial charge in [-0.05, 0) is 37.1 Å². The highest BCUT2D eigenvalue weighted by Crippen LogP contribution is 2.50. The molecular weight excluding hydrogens is 418 g/mol. The largest absolute Gasteiger partial charge is 0.336 e. The smallest absolute Gasteiger partial charge is 0.253 e. The van der Waals surface area contributed by atoms with Gasteiger partial charge in [-0.3, -0.25) is 4.79 Å². The van der Waals surface area contributed by atoms with E-state index in [0.29, 0.717) is 30.0 Å². The van der Waals surface area contributed by atoms with Crippen LogP contribution in [-0.2, 0) is 22.1 Å². The molecule has 1 amide bonds. The van der Waals surface area contributed by atoms with Crippen molar-refractivity contribution >= 4 is 27.3 Å². The molecule has 3 aromatic rings. The number of hydrogen-bond donors (Lipinski definition) is 0. The van der Waals surface area contributed by atoms with Crippen LogP contribution in [0.3, 0.4) is 0 Å². The molecule has 1 saturated heterocycles. The van der Waals surface area contributed by atoms with Crippen LogP contribution in [0.4, 0.5) is 0 Å². The number of aromatic nitrogens is 1. The lowest BCUT2D eigenvalue weighted by Crippen LogP contribution is -2.46. The SMILES string of the molecule is Cc1nc(CN2[C@@]3(CCN(C(=O)c4ccccc4)C3)c3ccccc3S2(=O)=O)cs1. The number of nitrogens with zero attached hydrogens (tertiary/aromatic N) is 3. The molecule has 1 spiro atoms. The van der Waals surface area contributed by atoms with Crippen LogP contribution >= 0.6 is 11.3 Å². The first-order chi connectivity index (χ1) is 14.4. The highest BCUT2D eigenvalue weighted by atomic mass is 32.2. The molecule has 1 fully saturated rings. The summed E-state index contributed by atoms with van der Waals surface area (Å²) in [6.07, 6.45) is 0.560. The molecule has 2 aromatic carbocycles. The third kappa shape index (κ3) is 2.90. The molecule has 5 rings (SSSR count). The number of likely N-dealkylation sites (tertiary alicyclic amines) is 1. The van der Waals surface area contributed by atoms with E-state index >= 15 is 0 Å². The van der Waals surface area contributed by atoms with Gasteiger partial charge in [0.2, 0.25) is 10.0 Å². The van der Waals surface area contributed by atoms with E-state index in [2.05, 4.69) is 4.98 Å². The summed E-state index contributed by atoms with van der Waals surface area (Å²) in [4.78, 5) is 19.7. The number of hydrogen-bond acceptors (Lipinski definition) is 5. The molecule has 0 radical (unpaired) electrons. The summed E-state index contributed by atoms with van der Waals surface area (Å²) in [6.45, 7) is 2.95. The molecule has 8 heteroatoms. The lowest BCUT2D eigenvalue weighted by Gasteiger charge is -2.33. The van der Waals surface area contributed by atoms with E-state index in [9.17, 15) is 13.2 Å². The number of sulfonamides is 1. The second-order valence-corrected chi connectivity index (χ2v) is 10.6. The molecule has 2 aliphatic rings. The van der Waals surface area contributed by atoms with E-state index in [-0.39, 0.29) is 12.5 Å². The monoisotopic (exact) mass is 439 g/mol. The lowest BCUT2D eigenvalue weighted by molar-refractivity contribution is 0.0762. The highest BCUT2D eigenvalue weighted by molar-refractivity contribution is 7.89. The number of carbonyl (C=O) groups excluding carboxylic acids is 1. The van der Waals surface area contributed by atoms with Gasteiger partial charge in [0.1, 0.15) is 0 Å². The van der Waals surface area contributed by atoms with Gasteiger partial charge in [-0.1, -0.05) is 36.4 Å². The first-order valence-electron chi connectivity index (χ1n) is 9.79. The fraction of sp³-hybridized carbons (Fsp3) is 0.273. The third-order valence-corrected chi connectivity index (χ3v) is 8.75. The Morgan fingerprint density at radius 2 is 1.87 bits per heavy atom. The predicted octanol–water partition coefficient (Wildman–Crippen LogP) is 3.40. The van der Waals surface area contributed by atoms with E-state index in [0.717, 1.165) is 16.3 Å². The van der Waals surface area contributed by atoms with Crippen molar-refractivity contribution in [2.24, 2.45) is 0 Å². The molecule has 30 heavy (non-hydrogen) atoms. The van der Waals surface area contributed by atoms with Gasteiger partial charge in [-0.2, -0.15) is 4.31 Å². The summed E-state index contributed by atoms with van der Waals surface area (Å²) in [5.41, 5.74) is 1.36. The van der Waals surface area contributed by atoms with E-state index in [1.165, 1.54) is 11.3 Å². The normalized spacial score (nSPS) is 22.5. The minimum Gasteiger partial charge on any atom is -0.336 e. The minimum atomic E-state index is -3.68. The van der Waals surface area contributed by atoms with Crippen molar-refractivity contribution in [2.45, 2.75) is 30.3 Å². The van der Waals surface area contributed by atoms with E-state index in [1.54, 1.807) is 33.5 Å². The van der Waals surface area contributed by atoms with Crippen LogP contribution < -0.4 is 0 Å². The molecule has 6 nitrogen and oxygen atoms in total. The van der Waals surface area contributed by atoms with Crippen molar-refractivity contribution in [2.75, 3.05) is 13.1 Å². The van der Waals surface area contributed by atoms with Crippen LogP contribution in [0.2, 0.25) is 0 Å². The topological polar surface area (TPSA) is 70.6 Å². The Morgan fingerprint density at radius 3 is 2.60 bits per heavy atom. The van der Waals surface area contributed by atoms with Gasteiger partial charge in [0.05, 0.1) is 27.7 Å². The first kappa shape index (κ1) is 19.4. The molecular formula is C22H21N3O3S2. The number of aryl methyl sites for hydroxylation is 1. The first-order valence-corrected chi connectivity index (χ1v) is 12.1. The molecule has 1 aromatic heterocycles. The van der Waals surface area contributed by atoms with Crippen molar-refractivity contribution in [1.29, 1.82) is 0 Å².